The summed E-state index contributed by atoms with van der Waals surface area (Å²) in [6.07, 6.45) is -1.84. The summed E-state index contributed by atoms with van der Waals surface area (Å²) in [6, 6.07) is 1.45. The quantitative estimate of drug-likeness (QED) is 0.525. The Bertz CT molecular complexity index is 497. The number of carboxylic acid groups (broad SMARTS) is 1. The van der Waals surface area contributed by atoms with E-state index >= 15 is 0 Å². The van der Waals surface area contributed by atoms with Crippen LogP contribution < -0.4 is 84.5 Å². The molecular weight excluding hydrogens is 385 g/mol. The van der Waals surface area contributed by atoms with Crippen molar-refractivity contribution in [1.82, 2.24) is 0 Å². The van der Waals surface area contributed by atoms with E-state index in [0.29, 0.717) is 6.07 Å². The topological polar surface area (TPSA) is 113 Å². The van der Waals surface area contributed by atoms with E-state index in [4.69, 9.17) is 10.8 Å². The van der Waals surface area contributed by atoms with E-state index in [1.165, 1.54) is 0 Å². The van der Waals surface area contributed by atoms with Crippen molar-refractivity contribution in [3.05, 3.63) is 29.3 Å². The van der Waals surface area contributed by atoms with Gasteiger partial charge in [-0.05, 0) is 12.1 Å². The van der Waals surface area contributed by atoms with E-state index in [0.717, 1.165) is 6.07 Å². The van der Waals surface area contributed by atoms with Crippen molar-refractivity contribution in [2.75, 3.05) is 6.61 Å². The molecule has 0 spiro atoms. The number of aliphatic carboxylic acids is 1. The maximum Gasteiger partial charge on any atom is 1.00 e. The Balaban J connectivity index is 0.00000324. The number of nitrogens with two attached hydrogens (primary N) is 1. The average Bonchev–Trinajstić information content (AvgIpc) is 2.27. The summed E-state index contributed by atoms with van der Waals surface area (Å²) in [5.74, 6) is -6.54. The van der Waals surface area contributed by atoms with Gasteiger partial charge < -0.3 is 25.5 Å². The monoisotopic (exact) mass is 393 g/mol. The van der Waals surface area contributed by atoms with Crippen molar-refractivity contribution in [3.63, 3.8) is 0 Å². The predicted octanol–water partition coefficient (Wildman–Crippen LogP) is -4.44. The van der Waals surface area contributed by atoms with Gasteiger partial charge in [0.05, 0.1) is 12.6 Å². The van der Waals surface area contributed by atoms with Gasteiger partial charge in [0.1, 0.15) is 11.4 Å². The molecule has 1 amide bonds. The second-order valence-electron chi connectivity index (χ2n) is 3.21. The van der Waals surface area contributed by atoms with Gasteiger partial charge in [-0.1, -0.05) is 0 Å². The Morgan fingerprint density at radius 2 is 2.00 bits per heavy atom. The molecule has 1 atom stereocenters. The molecular formula is C10H8CsF2NO5. The van der Waals surface area contributed by atoms with Gasteiger partial charge in [-0.3, -0.25) is 4.79 Å². The molecule has 0 aliphatic carbocycles. The van der Waals surface area contributed by atoms with Crippen LogP contribution in [0.3, 0.4) is 0 Å². The van der Waals surface area contributed by atoms with Crippen LogP contribution in [-0.4, -0.2) is 29.7 Å². The number of aliphatic hydroxyl groups excluding tert-OH is 1. The Morgan fingerprint density at radius 3 is 2.42 bits per heavy atom. The zero-order valence-electron chi connectivity index (χ0n) is 9.85. The molecule has 0 fully saturated rings. The third-order valence-corrected chi connectivity index (χ3v) is 2.00. The van der Waals surface area contributed by atoms with Crippen LogP contribution in [0.4, 0.5) is 8.78 Å². The van der Waals surface area contributed by atoms with Crippen LogP contribution in [0.1, 0.15) is 10.4 Å². The summed E-state index contributed by atoms with van der Waals surface area (Å²) in [4.78, 5) is 21.2. The van der Waals surface area contributed by atoms with Gasteiger partial charge in [0.25, 0.3) is 5.91 Å². The number of ether oxygens (including phenoxy) is 1. The van der Waals surface area contributed by atoms with Crippen molar-refractivity contribution >= 4 is 11.9 Å². The van der Waals surface area contributed by atoms with Crippen LogP contribution in [0.25, 0.3) is 0 Å². The van der Waals surface area contributed by atoms with Crippen LogP contribution in [0.2, 0.25) is 0 Å². The summed E-state index contributed by atoms with van der Waals surface area (Å²) >= 11 is 0. The standard InChI is InChI=1S/C10H9F2NO5.Cs/c11-4-1-2-5(8(12)7(4)9(13)15)18-6(3-14)10(16)17;/h1-2,6,14H,3H2,(H2,13,15)(H,16,17);/q;+1/p-1/t6-;/m1./s1. The van der Waals surface area contributed by atoms with E-state index in [1.807, 2.05) is 0 Å². The Morgan fingerprint density at radius 1 is 1.42 bits per heavy atom. The molecule has 0 saturated heterocycles. The minimum absolute atomic E-state index is 0. The van der Waals surface area contributed by atoms with E-state index in [-0.39, 0.29) is 68.9 Å². The summed E-state index contributed by atoms with van der Waals surface area (Å²) in [6.45, 7) is -0.981. The molecule has 1 aromatic rings. The van der Waals surface area contributed by atoms with Crippen molar-refractivity contribution in [2.45, 2.75) is 6.10 Å². The second kappa shape index (κ2) is 8.19. The molecule has 6 nitrogen and oxygen atoms in total. The third kappa shape index (κ3) is 4.70. The predicted molar refractivity (Wildman–Crippen MR) is 51.4 cm³/mol. The van der Waals surface area contributed by atoms with Gasteiger partial charge >= 0.3 is 68.9 Å². The molecule has 98 valence electrons. The van der Waals surface area contributed by atoms with Crippen LogP contribution in [0, 0.1) is 11.6 Å². The van der Waals surface area contributed by atoms with Crippen molar-refractivity contribution in [2.24, 2.45) is 5.73 Å². The number of carbonyl (C=O) groups is 2. The van der Waals surface area contributed by atoms with Gasteiger partial charge in [-0.2, -0.15) is 0 Å². The molecule has 3 N–H and O–H groups in total. The number of carbonyl (C=O) groups excluding carboxylic acids is 2. The van der Waals surface area contributed by atoms with Crippen molar-refractivity contribution in [1.29, 1.82) is 0 Å². The summed E-state index contributed by atoms with van der Waals surface area (Å²) in [7, 11) is 0. The number of benzene rings is 1. The molecule has 0 aromatic heterocycles. The average molecular weight is 393 g/mol. The minimum atomic E-state index is -1.84. The van der Waals surface area contributed by atoms with Crippen molar-refractivity contribution < 1.29 is 102 Å². The van der Waals surface area contributed by atoms with Crippen molar-refractivity contribution in [3.8, 4) is 5.75 Å². The molecule has 1 rings (SSSR count). The minimum Gasteiger partial charge on any atom is -0.546 e. The van der Waals surface area contributed by atoms with Crippen LogP contribution in [-0.2, 0) is 4.79 Å². The van der Waals surface area contributed by atoms with Crippen LogP contribution in [0.15, 0.2) is 12.1 Å². The fourth-order valence-electron chi connectivity index (χ4n) is 1.16. The smallest absolute Gasteiger partial charge is 0.546 e. The SMILES string of the molecule is NC(=O)c1c(F)ccc(O[C@H](CO)C(=O)[O-])c1F.[Cs+]. The summed E-state index contributed by atoms with van der Waals surface area (Å²) in [5.41, 5.74) is 3.70. The van der Waals surface area contributed by atoms with Gasteiger partial charge in [0.2, 0.25) is 0 Å². The molecule has 1 aromatic carbocycles. The number of amides is 1. The Hall–Kier alpha value is -0.168. The number of aliphatic hydroxyl groups is 1. The fourth-order valence-corrected chi connectivity index (χ4v) is 1.16. The zero-order chi connectivity index (χ0) is 13.9. The molecule has 0 radical (unpaired) electrons. The first-order valence-electron chi connectivity index (χ1n) is 4.64. The number of hydrogen-bond acceptors (Lipinski definition) is 5. The first-order valence-corrected chi connectivity index (χ1v) is 4.64. The molecule has 0 bridgehead atoms. The van der Waals surface area contributed by atoms with Gasteiger partial charge in [0.15, 0.2) is 17.7 Å². The summed E-state index contributed by atoms with van der Waals surface area (Å²) < 4.78 is 31.2. The number of rotatable bonds is 5. The largest absolute Gasteiger partial charge is 1.00 e. The normalized spacial score (nSPS) is 11.3. The van der Waals surface area contributed by atoms with E-state index < -0.39 is 47.5 Å². The second-order valence-corrected chi connectivity index (χ2v) is 3.21. The Labute approximate surface area is 165 Å². The molecule has 0 unspecified atom stereocenters. The number of primary amides is 1. The molecule has 0 heterocycles. The fraction of sp³-hybridized carbons (Fsp3) is 0.200. The molecule has 0 saturated carbocycles. The first-order chi connectivity index (χ1) is 8.38. The Kier molecular flexibility index (Phi) is 8.12. The molecule has 0 aliphatic rings. The summed E-state index contributed by atoms with van der Waals surface area (Å²) in [5, 5.41) is 19.1. The van der Waals surface area contributed by atoms with Crippen LogP contribution in [0.5, 0.6) is 5.75 Å². The van der Waals surface area contributed by atoms with Crippen LogP contribution >= 0.6 is 0 Å². The number of halogens is 2. The van der Waals surface area contributed by atoms with Gasteiger partial charge in [-0.15, -0.1) is 0 Å². The van der Waals surface area contributed by atoms with Gasteiger partial charge in [0, 0.05) is 0 Å². The molecule has 9 heteroatoms. The zero-order valence-corrected chi connectivity index (χ0v) is 16.1. The van der Waals surface area contributed by atoms with Gasteiger partial charge in [-0.25, -0.2) is 8.78 Å². The van der Waals surface area contributed by atoms with E-state index in [2.05, 4.69) is 4.74 Å². The third-order valence-electron chi connectivity index (χ3n) is 2.00. The molecule has 19 heavy (non-hydrogen) atoms. The molecule has 0 aliphatic heterocycles. The first kappa shape index (κ1) is 18.8. The van der Waals surface area contributed by atoms with E-state index in [9.17, 15) is 23.5 Å². The van der Waals surface area contributed by atoms with E-state index in [1.54, 1.807) is 0 Å². The maximum absolute atomic E-state index is 13.6. The number of carboxylic acids is 1. The maximum atomic E-state index is 13.6. The number of hydrogen-bond donors (Lipinski definition) is 2.